The summed E-state index contributed by atoms with van der Waals surface area (Å²) in [7, 11) is 0. The lowest BCUT2D eigenvalue weighted by molar-refractivity contribution is 0.0936. The van der Waals surface area contributed by atoms with Crippen LogP contribution >= 0.6 is 11.6 Å². The minimum Gasteiger partial charge on any atom is -0.360 e. The van der Waals surface area contributed by atoms with Gasteiger partial charge in [0.25, 0.3) is 0 Å². The van der Waals surface area contributed by atoms with Gasteiger partial charge in [0, 0.05) is 22.7 Å². The Morgan fingerprint density at radius 1 is 1.43 bits per heavy atom. The van der Waals surface area contributed by atoms with Crippen LogP contribution in [-0.2, 0) is 0 Å². The Kier molecular flexibility index (Phi) is 2.25. The van der Waals surface area contributed by atoms with E-state index in [0.717, 1.165) is 5.52 Å². The highest BCUT2D eigenvalue weighted by atomic mass is 35.5. The summed E-state index contributed by atoms with van der Waals surface area (Å²) in [5.74, 6) is -0.705. The number of carbonyl (C=O) groups is 1. The Morgan fingerprint density at radius 3 is 2.86 bits per heavy atom. The lowest BCUT2D eigenvalue weighted by atomic mass is 10.1. The molecule has 1 aromatic heterocycles. The third-order valence-corrected chi connectivity index (χ3v) is 2.25. The van der Waals surface area contributed by atoms with E-state index in [1.807, 2.05) is 12.1 Å². The summed E-state index contributed by atoms with van der Waals surface area (Å²) in [6.07, 6.45) is 1.47. The number of hydrogen-bond donors (Lipinski definition) is 1. The molecular weight excluding hydrogens is 205 g/mol. The van der Waals surface area contributed by atoms with E-state index in [0.29, 0.717) is 10.9 Å². The lowest BCUT2D eigenvalue weighted by Gasteiger charge is -1.96. The van der Waals surface area contributed by atoms with E-state index in [-0.39, 0.29) is 0 Å². The number of Topliss-reactive ketones (excluding diaryl/α,β-unsaturated/α-hetero) is 1. The monoisotopic (exact) mass is 211 g/mol. The molecule has 0 saturated carbocycles. The number of rotatable bonds is 2. The predicted octanol–water partition coefficient (Wildman–Crippen LogP) is 2.89. The molecule has 2 rings (SSSR count). The first-order valence-corrected chi connectivity index (χ1v) is 4.52. The first kappa shape index (κ1) is 9.21. The Bertz CT molecular complexity index is 478. The molecule has 0 amide bonds. The second-order valence-electron chi connectivity index (χ2n) is 2.91. The molecule has 1 aromatic carbocycles. The van der Waals surface area contributed by atoms with E-state index in [2.05, 4.69) is 4.98 Å². The summed E-state index contributed by atoms with van der Waals surface area (Å²) in [5, 5.41) is 0.695. The van der Waals surface area contributed by atoms with Crippen molar-refractivity contribution in [3.63, 3.8) is 0 Å². The number of benzene rings is 1. The van der Waals surface area contributed by atoms with Crippen molar-refractivity contribution in [1.29, 1.82) is 0 Å². The van der Waals surface area contributed by atoms with Crippen molar-refractivity contribution < 1.29 is 9.18 Å². The average molecular weight is 212 g/mol. The predicted molar refractivity (Wildman–Crippen MR) is 53.4 cm³/mol. The summed E-state index contributed by atoms with van der Waals surface area (Å²) < 4.78 is 12.6. The first-order valence-electron chi connectivity index (χ1n) is 4.08. The summed E-state index contributed by atoms with van der Waals surface area (Å²) in [4.78, 5) is 14.2. The fourth-order valence-corrected chi connectivity index (χ4v) is 1.51. The van der Waals surface area contributed by atoms with Gasteiger partial charge in [-0.3, -0.25) is 4.79 Å². The van der Waals surface area contributed by atoms with Gasteiger partial charge < -0.3 is 4.98 Å². The Labute approximate surface area is 84.7 Å². The van der Waals surface area contributed by atoms with E-state index in [9.17, 15) is 9.18 Å². The van der Waals surface area contributed by atoms with E-state index in [1.54, 1.807) is 12.1 Å². The van der Waals surface area contributed by atoms with Crippen LogP contribution in [-0.4, -0.2) is 16.4 Å². The largest absolute Gasteiger partial charge is 0.360 e. The number of fused-ring (bicyclic) bond motifs is 1. The van der Waals surface area contributed by atoms with E-state index in [4.69, 9.17) is 11.6 Å². The molecule has 1 heterocycles. The number of nitrogens with one attached hydrogen (secondary N) is 1. The summed E-state index contributed by atoms with van der Waals surface area (Å²) >= 11 is 5.09. The van der Waals surface area contributed by atoms with Crippen LogP contribution in [0.25, 0.3) is 10.9 Å². The molecular formula is C10H7ClFNO. The number of aromatic nitrogens is 1. The molecule has 0 spiro atoms. The highest BCUT2D eigenvalue weighted by Gasteiger charge is 2.19. The fourth-order valence-electron chi connectivity index (χ4n) is 1.39. The molecule has 1 N–H and O–H groups in total. The minimum atomic E-state index is -1.98. The van der Waals surface area contributed by atoms with Crippen LogP contribution in [0.1, 0.15) is 10.4 Å². The summed E-state index contributed by atoms with van der Waals surface area (Å²) in [6, 6.07) is 7.18. The molecule has 0 unspecified atom stereocenters. The quantitative estimate of drug-likeness (QED) is 0.601. The van der Waals surface area contributed by atoms with Crippen molar-refractivity contribution in [3.05, 3.63) is 36.0 Å². The van der Waals surface area contributed by atoms with Gasteiger partial charge in [-0.05, 0) is 6.07 Å². The lowest BCUT2D eigenvalue weighted by Crippen LogP contribution is -2.08. The Hall–Kier alpha value is -1.35. The Morgan fingerprint density at radius 2 is 2.14 bits per heavy atom. The zero-order valence-electron chi connectivity index (χ0n) is 7.13. The van der Waals surface area contributed by atoms with Gasteiger partial charge in [0.2, 0.25) is 11.4 Å². The molecule has 2 aromatic rings. The molecule has 0 aliphatic rings. The molecule has 0 bridgehead atoms. The second-order valence-corrected chi connectivity index (χ2v) is 3.30. The summed E-state index contributed by atoms with van der Waals surface area (Å²) in [6.45, 7) is 0. The first-order chi connectivity index (χ1) is 6.70. The standard InChI is InChI=1S/C10H7ClFNO/c11-10(12)9(14)7-5-13-8-4-2-1-3-6(7)8/h1-5,10,13H/t10-/m0/s1. The zero-order valence-corrected chi connectivity index (χ0v) is 7.88. The molecule has 0 aliphatic carbocycles. The highest BCUT2D eigenvalue weighted by molar-refractivity contribution is 6.34. The normalized spacial score (nSPS) is 13.0. The van der Waals surface area contributed by atoms with Gasteiger partial charge in [0.1, 0.15) is 0 Å². The van der Waals surface area contributed by atoms with Gasteiger partial charge >= 0.3 is 0 Å². The molecule has 14 heavy (non-hydrogen) atoms. The van der Waals surface area contributed by atoms with Crippen molar-refractivity contribution >= 4 is 28.3 Å². The molecule has 0 radical (unpaired) electrons. The SMILES string of the molecule is O=C(c1c[nH]c2ccccc12)[C@H](F)Cl. The highest BCUT2D eigenvalue weighted by Crippen LogP contribution is 2.20. The second kappa shape index (κ2) is 3.42. The van der Waals surface area contributed by atoms with Crippen molar-refractivity contribution in [1.82, 2.24) is 4.98 Å². The molecule has 4 heteroatoms. The van der Waals surface area contributed by atoms with E-state index < -0.39 is 11.4 Å². The summed E-state index contributed by atoms with van der Waals surface area (Å²) in [5.41, 5.74) is -0.884. The van der Waals surface area contributed by atoms with Crippen molar-refractivity contribution in [2.75, 3.05) is 0 Å². The molecule has 0 fully saturated rings. The number of halogens is 2. The Balaban J connectivity index is 2.58. The molecule has 0 saturated heterocycles. The van der Waals surface area contributed by atoms with Crippen LogP contribution < -0.4 is 0 Å². The van der Waals surface area contributed by atoms with Crippen LogP contribution in [0.3, 0.4) is 0 Å². The van der Waals surface area contributed by atoms with E-state index >= 15 is 0 Å². The van der Waals surface area contributed by atoms with Crippen LogP contribution in [0.4, 0.5) is 4.39 Å². The number of alkyl halides is 2. The van der Waals surface area contributed by atoms with Gasteiger partial charge in [-0.25, -0.2) is 4.39 Å². The van der Waals surface area contributed by atoms with Crippen molar-refractivity contribution in [3.8, 4) is 0 Å². The van der Waals surface area contributed by atoms with Gasteiger partial charge in [0.15, 0.2) is 0 Å². The molecule has 0 aliphatic heterocycles. The van der Waals surface area contributed by atoms with Crippen LogP contribution in [0.5, 0.6) is 0 Å². The number of aromatic amines is 1. The molecule has 72 valence electrons. The number of para-hydroxylation sites is 1. The molecule has 1 atom stereocenters. The minimum absolute atomic E-state index is 0.295. The van der Waals surface area contributed by atoms with Crippen molar-refractivity contribution in [2.24, 2.45) is 0 Å². The number of carbonyl (C=O) groups excluding carboxylic acids is 1. The maximum atomic E-state index is 12.6. The van der Waals surface area contributed by atoms with Gasteiger partial charge in [-0.2, -0.15) is 0 Å². The number of H-pyrrole nitrogens is 1. The van der Waals surface area contributed by atoms with Crippen molar-refractivity contribution in [2.45, 2.75) is 5.63 Å². The average Bonchev–Trinajstić information content (AvgIpc) is 2.60. The third kappa shape index (κ3) is 1.40. The fraction of sp³-hybridized carbons (Fsp3) is 0.100. The molecule has 2 nitrogen and oxygen atoms in total. The van der Waals surface area contributed by atoms with Crippen LogP contribution in [0, 0.1) is 0 Å². The number of ketones is 1. The van der Waals surface area contributed by atoms with E-state index in [1.165, 1.54) is 6.20 Å². The van der Waals surface area contributed by atoms with Crippen LogP contribution in [0.15, 0.2) is 30.5 Å². The smallest absolute Gasteiger partial charge is 0.235 e. The zero-order chi connectivity index (χ0) is 10.1. The van der Waals surface area contributed by atoms with Crippen LogP contribution in [0.2, 0.25) is 0 Å². The van der Waals surface area contributed by atoms with Gasteiger partial charge in [-0.15, -0.1) is 0 Å². The third-order valence-electron chi connectivity index (χ3n) is 2.05. The number of hydrogen-bond acceptors (Lipinski definition) is 1. The van der Waals surface area contributed by atoms with Gasteiger partial charge in [-0.1, -0.05) is 29.8 Å². The maximum Gasteiger partial charge on any atom is 0.235 e. The topological polar surface area (TPSA) is 32.9 Å². The maximum absolute atomic E-state index is 12.6. The van der Waals surface area contributed by atoms with Gasteiger partial charge in [0.05, 0.1) is 0 Å².